The van der Waals surface area contributed by atoms with E-state index in [-0.39, 0.29) is 17.7 Å². The summed E-state index contributed by atoms with van der Waals surface area (Å²) < 4.78 is 25.1. The van der Waals surface area contributed by atoms with Gasteiger partial charge in [0.15, 0.2) is 11.6 Å². The standard InChI is InChI=1S/C31H36FN7O3/c1-41-18-19-42-25-15-13-22(14-16-25)37-31-35-21-26(32)30(39-31)36-24-9-7-8-23(20-24)34-17-6-2-3-12-29(40)38-28-11-5-4-10-27(28)33/h4-5,7-11,13-16,20-21,34H,2-3,6,12,17-19,33H2,1H3,(H,38,40)(H2,35,36,37,39). The zero-order valence-corrected chi connectivity index (χ0v) is 23.5. The predicted molar refractivity (Wildman–Crippen MR) is 165 cm³/mol. The molecule has 42 heavy (non-hydrogen) atoms. The topological polar surface area (TPSA) is 135 Å². The van der Waals surface area contributed by atoms with Crippen LogP contribution in [0, 0.1) is 5.82 Å². The minimum Gasteiger partial charge on any atom is -0.491 e. The highest BCUT2D eigenvalue weighted by Gasteiger charge is 2.09. The van der Waals surface area contributed by atoms with E-state index in [9.17, 15) is 9.18 Å². The van der Waals surface area contributed by atoms with Crippen LogP contribution in [0.4, 0.5) is 44.6 Å². The van der Waals surface area contributed by atoms with Crippen LogP contribution in [0.1, 0.15) is 25.7 Å². The minimum atomic E-state index is -0.570. The van der Waals surface area contributed by atoms with Crippen molar-refractivity contribution in [2.45, 2.75) is 25.7 Å². The van der Waals surface area contributed by atoms with E-state index in [2.05, 4.69) is 31.2 Å². The van der Waals surface area contributed by atoms with Crippen molar-refractivity contribution >= 4 is 46.1 Å². The molecule has 1 aromatic heterocycles. The SMILES string of the molecule is COCCOc1ccc(Nc2ncc(F)c(Nc3cccc(NCCCCCC(=O)Nc4ccccc4N)c3)n2)cc1. The van der Waals surface area contributed by atoms with Gasteiger partial charge in [0.2, 0.25) is 11.9 Å². The lowest BCUT2D eigenvalue weighted by molar-refractivity contribution is -0.116. The Hall–Kier alpha value is -4.90. The fourth-order valence-corrected chi connectivity index (χ4v) is 4.01. The van der Waals surface area contributed by atoms with E-state index >= 15 is 0 Å². The Labute approximate surface area is 244 Å². The number of unbranched alkanes of at least 4 members (excludes halogenated alkanes) is 2. The van der Waals surface area contributed by atoms with E-state index in [0.29, 0.717) is 42.4 Å². The minimum absolute atomic E-state index is 0.0452. The quantitative estimate of drug-likeness (QED) is 0.0770. The van der Waals surface area contributed by atoms with Gasteiger partial charge in [0.05, 0.1) is 24.2 Å². The number of amides is 1. The lowest BCUT2D eigenvalue weighted by Gasteiger charge is -2.12. The van der Waals surface area contributed by atoms with E-state index in [1.165, 1.54) is 0 Å². The molecule has 3 aromatic carbocycles. The van der Waals surface area contributed by atoms with Gasteiger partial charge in [0.25, 0.3) is 0 Å². The summed E-state index contributed by atoms with van der Waals surface area (Å²) in [5.74, 6) is 0.406. The van der Waals surface area contributed by atoms with Gasteiger partial charge in [-0.3, -0.25) is 4.79 Å². The molecule has 11 heteroatoms. The third kappa shape index (κ3) is 9.63. The molecule has 220 valence electrons. The highest BCUT2D eigenvalue weighted by atomic mass is 19.1. The Kier molecular flexibility index (Phi) is 11.3. The number of methoxy groups -OCH3 is 1. The lowest BCUT2D eigenvalue weighted by Crippen LogP contribution is -2.12. The number of halogens is 1. The van der Waals surface area contributed by atoms with Gasteiger partial charge < -0.3 is 36.5 Å². The molecule has 10 nitrogen and oxygen atoms in total. The molecule has 4 rings (SSSR count). The molecule has 0 saturated carbocycles. The molecule has 0 unspecified atom stereocenters. The van der Waals surface area contributed by atoms with Crippen molar-refractivity contribution in [2.24, 2.45) is 0 Å². The second-order valence-corrected chi connectivity index (χ2v) is 9.46. The third-order valence-corrected chi connectivity index (χ3v) is 6.18. The molecule has 0 bridgehead atoms. The van der Waals surface area contributed by atoms with Crippen molar-refractivity contribution < 1.29 is 18.7 Å². The van der Waals surface area contributed by atoms with Gasteiger partial charge in [0.1, 0.15) is 12.4 Å². The molecule has 0 spiro atoms. The monoisotopic (exact) mass is 573 g/mol. The zero-order valence-electron chi connectivity index (χ0n) is 23.5. The van der Waals surface area contributed by atoms with Gasteiger partial charge >= 0.3 is 0 Å². The molecule has 0 fully saturated rings. The number of nitrogens with zero attached hydrogens (tertiary/aromatic N) is 2. The Balaban J connectivity index is 1.21. The molecule has 6 N–H and O–H groups in total. The Bertz CT molecular complexity index is 1440. The average molecular weight is 574 g/mol. The van der Waals surface area contributed by atoms with Crippen LogP contribution in [0.25, 0.3) is 0 Å². The first-order chi connectivity index (χ1) is 20.5. The number of ether oxygens (including phenoxy) is 2. The summed E-state index contributed by atoms with van der Waals surface area (Å²) in [6, 6.07) is 22.0. The summed E-state index contributed by atoms with van der Waals surface area (Å²) >= 11 is 0. The number of rotatable bonds is 16. The van der Waals surface area contributed by atoms with Crippen LogP contribution in [0.2, 0.25) is 0 Å². The number of hydrogen-bond donors (Lipinski definition) is 5. The lowest BCUT2D eigenvalue weighted by atomic mass is 10.1. The number of carbonyl (C=O) groups is 1. The van der Waals surface area contributed by atoms with E-state index in [1.54, 1.807) is 19.2 Å². The fourth-order valence-electron chi connectivity index (χ4n) is 4.01. The van der Waals surface area contributed by atoms with Crippen molar-refractivity contribution in [3.63, 3.8) is 0 Å². The molecule has 0 aliphatic heterocycles. The Morgan fingerprint density at radius 3 is 2.52 bits per heavy atom. The van der Waals surface area contributed by atoms with E-state index in [1.807, 2.05) is 60.7 Å². The largest absolute Gasteiger partial charge is 0.491 e. The normalized spacial score (nSPS) is 10.6. The van der Waals surface area contributed by atoms with Gasteiger partial charge in [-0.25, -0.2) is 9.37 Å². The number of anilines is 7. The summed E-state index contributed by atoms with van der Waals surface area (Å²) in [6.45, 7) is 1.71. The summed E-state index contributed by atoms with van der Waals surface area (Å²) in [7, 11) is 1.62. The Morgan fingerprint density at radius 2 is 1.71 bits per heavy atom. The molecule has 4 aromatic rings. The highest BCUT2D eigenvalue weighted by molar-refractivity contribution is 5.93. The van der Waals surface area contributed by atoms with Gasteiger partial charge in [-0.05, 0) is 67.4 Å². The van der Waals surface area contributed by atoms with Crippen LogP contribution in [0.5, 0.6) is 5.75 Å². The van der Waals surface area contributed by atoms with Crippen LogP contribution in [0.15, 0.2) is 79.0 Å². The molecule has 0 aliphatic carbocycles. The van der Waals surface area contributed by atoms with Crippen molar-refractivity contribution in [2.75, 3.05) is 53.9 Å². The maximum atomic E-state index is 14.5. The summed E-state index contributed by atoms with van der Waals surface area (Å²) in [5.41, 5.74) is 9.37. The van der Waals surface area contributed by atoms with Crippen LogP contribution in [0.3, 0.4) is 0 Å². The number of nitrogens with two attached hydrogens (primary N) is 1. The van der Waals surface area contributed by atoms with Crippen LogP contribution in [-0.2, 0) is 9.53 Å². The van der Waals surface area contributed by atoms with Gasteiger partial charge in [0, 0.05) is 37.1 Å². The predicted octanol–water partition coefficient (Wildman–Crippen LogP) is 6.32. The van der Waals surface area contributed by atoms with E-state index < -0.39 is 5.82 Å². The van der Waals surface area contributed by atoms with Crippen LogP contribution in [-0.4, -0.2) is 42.7 Å². The molecular weight excluding hydrogens is 537 g/mol. The fraction of sp³-hybridized carbons (Fsp3) is 0.258. The summed E-state index contributed by atoms with van der Waals surface area (Å²) in [4.78, 5) is 20.5. The molecule has 1 amide bonds. The molecule has 1 heterocycles. The van der Waals surface area contributed by atoms with Gasteiger partial charge in [-0.2, -0.15) is 4.98 Å². The number of benzene rings is 3. The average Bonchev–Trinajstić information content (AvgIpc) is 2.99. The van der Waals surface area contributed by atoms with Crippen LogP contribution < -0.4 is 31.7 Å². The maximum Gasteiger partial charge on any atom is 0.229 e. The first-order valence-corrected chi connectivity index (χ1v) is 13.8. The first kappa shape index (κ1) is 30.1. The van der Waals surface area contributed by atoms with E-state index in [4.69, 9.17) is 15.2 Å². The highest BCUT2D eigenvalue weighted by Crippen LogP contribution is 2.24. The second-order valence-electron chi connectivity index (χ2n) is 9.46. The zero-order chi connectivity index (χ0) is 29.6. The third-order valence-electron chi connectivity index (χ3n) is 6.18. The molecule has 0 atom stereocenters. The second kappa shape index (κ2) is 15.8. The van der Waals surface area contributed by atoms with Crippen molar-refractivity contribution in [1.82, 2.24) is 9.97 Å². The molecule has 0 radical (unpaired) electrons. The first-order valence-electron chi connectivity index (χ1n) is 13.8. The van der Waals surface area contributed by atoms with Gasteiger partial charge in [-0.15, -0.1) is 0 Å². The van der Waals surface area contributed by atoms with Crippen molar-refractivity contribution in [3.8, 4) is 5.75 Å². The maximum absolute atomic E-state index is 14.5. The summed E-state index contributed by atoms with van der Waals surface area (Å²) in [5, 5.41) is 12.3. The number of carbonyl (C=O) groups excluding carboxylic acids is 1. The van der Waals surface area contributed by atoms with Crippen molar-refractivity contribution in [3.05, 3.63) is 84.8 Å². The van der Waals surface area contributed by atoms with Gasteiger partial charge in [-0.1, -0.05) is 24.6 Å². The number of nitrogens with one attached hydrogen (secondary N) is 4. The number of hydrogen-bond acceptors (Lipinski definition) is 9. The van der Waals surface area contributed by atoms with Crippen molar-refractivity contribution in [1.29, 1.82) is 0 Å². The van der Waals surface area contributed by atoms with E-state index in [0.717, 1.165) is 43.4 Å². The molecular formula is C31H36FN7O3. The Morgan fingerprint density at radius 1 is 0.905 bits per heavy atom. The number of para-hydroxylation sites is 2. The number of aromatic nitrogens is 2. The summed E-state index contributed by atoms with van der Waals surface area (Å²) in [6.07, 6.45) is 4.13. The smallest absolute Gasteiger partial charge is 0.229 e. The molecule has 0 saturated heterocycles. The van der Waals surface area contributed by atoms with Crippen LogP contribution >= 0.6 is 0 Å². The molecule has 0 aliphatic rings. The number of nitrogen functional groups attached to an aromatic ring is 1.